The minimum absolute atomic E-state index is 0.0322. The lowest BCUT2D eigenvalue weighted by Crippen LogP contribution is -2.30. The van der Waals surface area contributed by atoms with E-state index in [2.05, 4.69) is 10.0 Å². The molecule has 0 fully saturated rings. The lowest BCUT2D eigenvalue weighted by Gasteiger charge is -2.12. The summed E-state index contributed by atoms with van der Waals surface area (Å²) in [4.78, 5) is 11.8. The smallest absolute Gasteiger partial charge is 0.261 e. The van der Waals surface area contributed by atoms with Crippen molar-refractivity contribution in [1.29, 1.82) is 0 Å². The second-order valence-electron chi connectivity index (χ2n) is 6.84. The molecule has 0 saturated carbocycles. The Morgan fingerprint density at radius 3 is 2.45 bits per heavy atom. The van der Waals surface area contributed by atoms with Crippen LogP contribution in [0.5, 0.6) is 11.5 Å². The van der Waals surface area contributed by atoms with Gasteiger partial charge in [-0.05, 0) is 62.7 Å². The van der Waals surface area contributed by atoms with Gasteiger partial charge in [0, 0.05) is 18.8 Å². The van der Waals surface area contributed by atoms with Crippen LogP contribution in [0.4, 0.5) is 5.69 Å². The van der Waals surface area contributed by atoms with Gasteiger partial charge < -0.3 is 19.5 Å². The molecule has 0 spiro atoms. The quantitative estimate of drug-likeness (QED) is 0.460. The Morgan fingerprint density at radius 2 is 1.84 bits per heavy atom. The molecule has 2 aromatic rings. The summed E-state index contributed by atoms with van der Waals surface area (Å²) in [5.41, 5.74) is 0.382. The van der Waals surface area contributed by atoms with Gasteiger partial charge in [-0.3, -0.25) is 9.52 Å². The number of hydrogen-bond acceptors (Lipinski definition) is 6. The minimum atomic E-state index is -3.85. The molecule has 0 bridgehead atoms. The average Bonchev–Trinajstić information content (AvgIpc) is 2.72. The Balaban J connectivity index is 1.89. The van der Waals surface area contributed by atoms with E-state index in [1.807, 2.05) is 13.8 Å². The molecular weight excluding hydrogens is 444 g/mol. The van der Waals surface area contributed by atoms with E-state index in [1.165, 1.54) is 25.3 Å². The Labute approximate surface area is 187 Å². The highest BCUT2D eigenvalue weighted by atomic mass is 35.5. The van der Waals surface area contributed by atoms with E-state index in [1.54, 1.807) is 24.3 Å². The highest BCUT2D eigenvalue weighted by molar-refractivity contribution is 7.92. The standard InChI is InChI=1S/C21H27ClN2O6S/c1-15(2)29-12-4-11-23-21(25)14-30-20-10-9-18(13-19(20)22)31(26,27)24-16-5-7-17(28-3)8-6-16/h5-10,13,15,24H,4,11-12,14H2,1-3H3,(H,23,25). The zero-order valence-corrected chi connectivity index (χ0v) is 19.3. The van der Waals surface area contributed by atoms with Gasteiger partial charge >= 0.3 is 0 Å². The van der Waals surface area contributed by atoms with Crippen LogP contribution in [0.1, 0.15) is 20.3 Å². The molecule has 0 saturated heterocycles. The fourth-order valence-electron chi connectivity index (χ4n) is 2.45. The molecule has 10 heteroatoms. The number of ether oxygens (including phenoxy) is 3. The normalized spacial score (nSPS) is 11.3. The maximum Gasteiger partial charge on any atom is 0.261 e. The summed E-state index contributed by atoms with van der Waals surface area (Å²) in [6, 6.07) is 10.5. The first kappa shape index (κ1) is 24.8. The predicted molar refractivity (Wildman–Crippen MR) is 119 cm³/mol. The van der Waals surface area contributed by atoms with Crippen molar-refractivity contribution in [2.75, 3.05) is 31.6 Å². The summed E-state index contributed by atoms with van der Waals surface area (Å²) in [7, 11) is -2.32. The van der Waals surface area contributed by atoms with Gasteiger partial charge in [0.05, 0.1) is 23.1 Å². The predicted octanol–water partition coefficient (Wildman–Crippen LogP) is 3.46. The van der Waals surface area contributed by atoms with Gasteiger partial charge in [0.15, 0.2) is 6.61 Å². The lowest BCUT2D eigenvalue weighted by molar-refractivity contribution is -0.123. The molecule has 0 aromatic heterocycles. The minimum Gasteiger partial charge on any atom is -0.497 e. The largest absolute Gasteiger partial charge is 0.497 e. The number of sulfonamides is 1. The first-order valence-corrected chi connectivity index (χ1v) is 11.5. The summed E-state index contributed by atoms with van der Waals surface area (Å²) in [5.74, 6) is 0.516. The van der Waals surface area contributed by atoms with Crippen LogP contribution < -0.4 is 19.5 Å². The summed E-state index contributed by atoms with van der Waals surface area (Å²) in [6.45, 7) is 4.69. The number of rotatable bonds is 12. The topological polar surface area (TPSA) is 103 Å². The number of carbonyl (C=O) groups excluding carboxylic acids is 1. The van der Waals surface area contributed by atoms with Crippen LogP contribution >= 0.6 is 11.6 Å². The number of carbonyl (C=O) groups is 1. The maximum atomic E-state index is 12.6. The van der Waals surface area contributed by atoms with Crippen molar-refractivity contribution in [3.63, 3.8) is 0 Å². The number of amides is 1. The molecule has 1 amide bonds. The van der Waals surface area contributed by atoms with Crippen molar-refractivity contribution < 1.29 is 27.4 Å². The van der Waals surface area contributed by atoms with Crippen molar-refractivity contribution in [3.05, 3.63) is 47.5 Å². The molecule has 0 aliphatic carbocycles. The van der Waals surface area contributed by atoms with Gasteiger partial charge in [-0.25, -0.2) is 8.42 Å². The highest BCUT2D eigenvalue weighted by Gasteiger charge is 2.17. The second-order valence-corrected chi connectivity index (χ2v) is 8.93. The van der Waals surface area contributed by atoms with Gasteiger partial charge in [-0.15, -0.1) is 0 Å². The fraction of sp³-hybridized carbons (Fsp3) is 0.381. The maximum absolute atomic E-state index is 12.6. The second kappa shape index (κ2) is 11.8. The Morgan fingerprint density at radius 1 is 1.13 bits per heavy atom. The van der Waals surface area contributed by atoms with E-state index in [0.717, 1.165) is 0 Å². The van der Waals surface area contributed by atoms with Gasteiger partial charge in [0.1, 0.15) is 11.5 Å². The van der Waals surface area contributed by atoms with E-state index >= 15 is 0 Å². The van der Waals surface area contributed by atoms with E-state index in [-0.39, 0.29) is 34.3 Å². The Hall–Kier alpha value is -2.49. The van der Waals surface area contributed by atoms with Crippen LogP contribution in [0.15, 0.2) is 47.4 Å². The average molecular weight is 471 g/mol. The molecule has 0 atom stereocenters. The van der Waals surface area contributed by atoms with E-state index in [0.29, 0.717) is 31.0 Å². The van der Waals surface area contributed by atoms with Crippen LogP contribution in [0, 0.1) is 0 Å². The van der Waals surface area contributed by atoms with Crippen LogP contribution in [0.2, 0.25) is 5.02 Å². The van der Waals surface area contributed by atoms with Crippen molar-refractivity contribution in [1.82, 2.24) is 5.32 Å². The van der Waals surface area contributed by atoms with Crippen molar-refractivity contribution >= 4 is 33.2 Å². The first-order valence-electron chi connectivity index (χ1n) is 9.69. The lowest BCUT2D eigenvalue weighted by atomic mass is 10.3. The third kappa shape index (κ3) is 8.28. The molecule has 0 unspecified atom stereocenters. The third-order valence-corrected chi connectivity index (χ3v) is 5.68. The molecule has 0 aliphatic heterocycles. The molecule has 2 N–H and O–H groups in total. The van der Waals surface area contributed by atoms with Crippen LogP contribution in [-0.4, -0.2) is 47.3 Å². The Kier molecular flexibility index (Phi) is 9.42. The monoisotopic (exact) mass is 470 g/mol. The van der Waals surface area contributed by atoms with Crippen molar-refractivity contribution in [2.24, 2.45) is 0 Å². The molecule has 2 rings (SSSR count). The molecule has 0 aliphatic rings. The number of methoxy groups -OCH3 is 1. The highest BCUT2D eigenvalue weighted by Crippen LogP contribution is 2.28. The van der Waals surface area contributed by atoms with Crippen LogP contribution in [-0.2, 0) is 19.6 Å². The van der Waals surface area contributed by atoms with Gasteiger partial charge in [-0.2, -0.15) is 0 Å². The number of hydrogen-bond donors (Lipinski definition) is 2. The van der Waals surface area contributed by atoms with Gasteiger partial charge in [-0.1, -0.05) is 11.6 Å². The van der Waals surface area contributed by atoms with Crippen LogP contribution in [0.3, 0.4) is 0 Å². The summed E-state index contributed by atoms with van der Waals surface area (Å²) in [5, 5.41) is 2.79. The molecule has 0 radical (unpaired) electrons. The summed E-state index contributed by atoms with van der Waals surface area (Å²) < 4.78 is 43.5. The van der Waals surface area contributed by atoms with Gasteiger partial charge in [0.2, 0.25) is 0 Å². The summed E-state index contributed by atoms with van der Waals surface area (Å²) >= 11 is 6.15. The molecule has 8 nitrogen and oxygen atoms in total. The molecule has 0 heterocycles. The number of benzene rings is 2. The SMILES string of the molecule is COc1ccc(NS(=O)(=O)c2ccc(OCC(=O)NCCCOC(C)C)c(Cl)c2)cc1. The zero-order chi connectivity index (χ0) is 22.9. The molecular formula is C21H27ClN2O6S. The van der Waals surface area contributed by atoms with Crippen LogP contribution in [0.25, 0.3) is 0 Å². The molecule has 2 aromatic carbocycles. The third-order valence-electron chi connectivity index (χ3n) is 4.01. The van der Waals surface area contributed by atoms with Gasteiger partial charge in [0.25, 0.3) is 15.9 Å². The van der Waals surface area contributed by atoms with E-state index < -0.39 is 10.0 Å². The summed E-state index contributed by atoms with van der Waals surface area (Å²) in [6.07, 6.45) is 0.845. The first-order chi connectivity index (χ1) is 14.7. The molecule has 170 valence electrons. The van der Waals surface area contributed by atoms with E-state index in [9.17, 15) is 13.2 Å². The fourth-order valence-corrected chi connectivity index (χ4v) is 3.84. The molecule has 31 heavy (non-hydrogen) atoms. The van der Waals surface area contributed by atoms with E-state index in [4.69, 9.17) is 25.8 Å². The number of anilines is 1. The Bertz CT molecular complexity index is 964. The van der Waals surface area contributed by atoms with Crippen molar-refractivity contribution in [3.8, 4) is 11.5 Å². The van der Waals surface area contributed by atoms with Crippen molar-refractivity contribution in [2.45, 2.75) is 31.3 Å². The zero-order valence-electron chi connectivity index (χ0n) is 17.7. The number of halogens is 1. The number of nitrogens with one attached hydrogen (secondary N) is 2.